The molecule has 1 saturated heterocycles. The predicted octanol–water partition coefficient (Wildman–Crippen LogP) is 2.84. The lowest BCUT2D eigenvalue weighted by Gasteiger charge is -2.30. The van der Waals surface area contributed by atoms with E-state index in [-0.39, 0.29) is 0 Å². The van der Waals surface area contributed by atoms with Crippen LogP contribution in [-0.4, -0.2) is 41.6 Å². The molecule has 1 fully saturated rings. The van der Waals surface area contributed by atoms with E-state index >= 15 is 0 Å². The second kappa shape index (κ2) is 6.19. The molecule has 0 radical (unpaired) electrons. The van der Waals surface area contributed by atoms with Crippen molar-refractivity contribution < 1.29 is 4.74 Å². The number of ether oxygens (including phenoxy) is 1. The fourth-order valence-corrected chi connectivity index (χ4v) is 4.37. The molecule has 116 valence electrons. The quantitative estimate of drug-likeness (QED) is 0.932. The van der Waals surface area contributed by atoms with Crippen molar-refractivity contribution in [1.82, 2.24) is 4.90 Å². The third kappa shape index (κ3) is 3.38. The van der Waals surface area contributed by atoms with Crippen LogP contribution in [0.1, 0.15) is 37.4 Å². The van der Waals surface area contributed by atoms with E-state index in [2.05, 4.69) is 48.7 Å². The van der Waals surface area contributed by atoms with Crippen LogP contribution < -0.4 is 10.5 Å². The molecule has 2 heterocycles. The molecule has 21 heavy (non-hydrogen) atoms. The van der Waals surface area contributed by atoms with Crippen LogP contribution in [0.25, 0.3) is 0 Å². The molecule has 2 aliphatic heterocycles. The molecule has 1 aromatic carbocycles. The van der Waals surface area contributed by atoms with Crippen molar-refractivity contribution in [2.45, 2.75) is 37.5 Å². The second-order valence-electron chi connectivity index (χ2n) is 6.61. The fraction of sp³-hybridized carbons (Fsp3) is 0.647. The minimum absolute atomic E-state index is 0.338. The van der Waals surface area contributed by atoms with Crippen LogP contribution >= 0.6 is 11.8 Å². The number of benzene rings is 1. The summed E-state index contributed by atoms with van der Waals surface area (Å²) >= 11 is 2.09. The zero-order chi connectivity index (χ0) is 14.9. The number of hydrogen-bond acceptors (Lipinski definition) is 4. The third-order valence-electron chi connectivity index (χ3n) is 4.63. The summed E-state index contributed by atoms with van der Waals surface area (Å²) < 4.78 is 6.00. The van der Waals surface area contributed by atoms with Gasteiger partial charge in [-0.2, -0.15) is 11.8 Å². The SMILES string of the molecule is CC1(C)CCN(C(CN)c2ccc3c(c2)CCO3)CCS1. The Balaban J connectivity index is 1.78. The normalized spacial score (nSPS) is 23.2. The Kier molecular flexibility index (Phi) is 4.48. The van der Waals surface area contributed by atoms with E-state index < -0.39 is 0 Å². The van der Waals surface area contributed by atoms with Crippen molar-refractivity contribution in [3.63, 3.8) is 0 Å². The highest BCUT2D eigenvalue weighted by Gasteiger charge is 2.28. The minimum atomic E-state index is 0.338. The molecule has 0 aliphatic carbocycles. The van der Waals surface area contributed by atoms with Crippen molar-refractivity contribution in [2.24, 2.45) is 5.73 Å². The smallest absolute Gasteiger partial charge is 0.122 e. The van der Waals surface area contributed by atoms with Crippen LogP contribution in [-0.2, 0) is 6.42 Å². The van der Waals surface area contributed by atoms with Gasteiger partial charge in [0.05, 0.1) is 6.61 Å². The van der Waals surface area contributed by atoms with E-state index in [1.165, 1.54) is 23.3 Å². The predicted molar refractivity (Wildman–Crippen MR) is 90.2 cm³/mol. The average Bonchev–Trinajstić information content (AvgIpc) is 2.85. The summed E-state index contributed by atoms with van der Waals surface area (Å²) in [6.07, 6.45) is 2.26. The molecule has 3 rings (SSSR count). The van der Waals surface area contributed by atoms with Gasteiger partial charge in [0.2, 0.25) is 0 Å². The zero-order valence-corrected chi connectivity index (χ0v) is 13.9. The molecule has 2 aliphatic rings. The number of hydrogen-bond donors (Lipinski definition) is 1. The number of thioether (sulfide) groups is 1. The van der Waals surface area contributed by atoms with Crippen LogP contribution in [0.3, 0.4) is 0 Å². The number of fused-ring (bicyclic) bond motifs is 1. The highest BCUT2D eigenvalue weighted by atomic mass is 32.2. The lowest BCUT2D eigenvalue weighted by Crippen LogP contribution is -2.36. The minimum Gasteiger partial charge on any atom is -0.493 e. The van der Waals surface area contributed by atoms with Gasteiger partial charge in [-0.05, 0) is 23.6 Å². The molecule has 1 aromatic rings. The summed E-state index contributed by atoms with van der Waals surface area (Å²) in [5.74, 6) is 2.25. The first kappa shape index (κ1) is 15.2. The van der Waals surface area contributed by atoms with Gasteiger partial charge in [0.15, 0.2) is 0 Å². The van der Waals surface area contributed by atoms with E-state index in [1.807, 2.05) is 0 Å². The molecule has 3 nitrogen and oxygen atoms in total. The molecule has 0 spiro atoms. The van der Waals surface area contributed by atoms with Gasteiger partial charge in [0, 0.05) is 42.6 Å². The fourth-order valence-electron chi connectivity index (χ4n) is 3.26. The monoisotopic (exact) mass is 306 g/mol. The van der Waals surface area contributed by atoms with Crippen LogP contribution in [0, 0.1) is 0 Å². The van der Waals surface area contributed by atoms with Gasteiger partial charge in [-0.15, -0.1) is 0 Å². The molecule has 0 amide bonds. The van der Waals surface area contributed by atoms with Crippen LogP contribution in [0.2, 0.25) is 0 Å². The standard InChI is InChI=1S/C17H26N2OS/c1-17(2)6-7-19(8-10-21-17)15(12-18)13-3-4-16-14(11-13)5-9-20-16/h3-4,11,15H,5-10,12,18H2,1-2H3. The Bertz CT molecular complexity index is 504. The molecule has 2 N–H and O–H groups in total. The molecule has 0 bridgehead atoms. The molecular weight excluding hydrogens is 280 g/mol. The highest BCUT2D eigenvalue weighted by molar-refractivity contribution is 8.00. The van der Waals surface area contributed by atoms with Gasteiger partial charge in [0.1, 0.15) is 5.75 Å². The van der Waals surface area contributed by atoms with Crippen LogP contribution in [0.5, 0.6) is 5.75 Å². The van der Waals surface area contributed by atoms with Gasteiger partial charge < -0.3 is 10.5 Å². The summed E-state index contributed by atoms with van der Waals surface area (Å²) in [7, 11) is 0. The van der Waals surface area contributed by atoms with E-state index in [4.69, 9.17) is 10.5 Å². The third-order valence-corrected chi connectivity index (χ3v) is 6.01. The van der Waals surface area contributed by atoms with Crippen molar-refractivity contribution in [3.05, 3.63) is 29.3 Å². The number of nitrogens with zero attached hydrogens (tertiary/aromatic N) is 1. The molecular formula is C17H26N2OS. The molecule has 1 unspecified atom stereocenters. The number of nitrogens with two attached hydrogens (primary N) is 1. The first-order valence-electron chi connectivity index (χ1n) is 7.93. The van der Waals surface area contributed by atoms with E-state index in [0.29, 0.717) is 17.3 Å². The molecule has 0 aromatic heterocycles. The van der Waals surface area contributed by atoms with Crippen molar-refractivity contribution in [1.29, 1.82) is 0 Å². The maximum Gasteiger partial charge on any atom is 0.122 e. The van der Waals surface area contributed by atoms with Crippen molar-refractivity contribution >= 4 is 11.8 Å². The van der Waals surface area contributed by atoms with Gasteiger partial charge in [0.25, 0.3) is 0 Å². The maximum atomic E-state index is 6.12. The second-order valence-corrected chi connectivity index (χ2v) is 8.41. The lowest BCUT2D eigenvalue weighted by atomic mass is 10.0. The first-order chi connectivity index (χ1) is 10.1. The summed E-state index contributed by atoms with van der Waals surface area (Å²) in [4.78, 5) is 2.57. The topological polar surface area (TPSA) is 38.5 Å². The maximum absolute atomic E-state index is 6.12. The van der Waals surface area contributed by atoms with Crippen molar-refractivity contribution in [2.75, 3.05) is 32.0 Å². The Morgan fingerprint density at radius 2 is 2.24 bits per heavy atom. The Hall–Kier alpha value is -0.710. The van der Waals surface area contributed by atoms with E-state index in [9.17, 15) is 0 Å². The van der Waals surface area contributed by atoms with Crippen LogP contribution in [0.15, 0.2) is 18.2 Å². The van der Waals surface area contributed by atoms with Gasteiger partial charge in [-0.3, -0.25) is 4.90 Å². The lowest BCUT2D eigenvalue weighted by molar-refractivity contribution is 0.210. The van der Waals surface area contributed by atoms with Crippen molar-refractivity contribution in [3.8, 4) is 5.75 Å². The van der Waals surface area contributed by atoms with Crippen LogP contribution in [0.4, 0.5) is 0 Å². The average molecular weight is 306 g/mol. The summed E-state index contributed by atoms with van der Waals surface area (Å²) in [5.41, 5.74) is 8.82. The molecule has 1 atom stereocenters. The van der Waals surface area contributed by atoms with E-state index in [1.54, 1.807) is 0 Å². The first-order valence-corrected chi connectivity index (χ1v) is 8.91. The Morgan fingerprint density at radius 1 is 1.38 bits per heavy atom. The zero-order valence-electron chi connectivity index (χ0n) is 13.1. The van der Waals surface area contributed by atoms with E-state index in [0.717, 1.165) is 31.9 Å². The Morgan fingerprint density at radius 3 is 3.05 bits per heavy atom. The summed E-state index contributed by atoms with van der Waals surface area (Å²) in [6, 6.07) is 6.97. The number of rotatable bonds is 3. The van der Waals surface area contributed by atoms with Gasteiger partial charge in [-0.25, -0.2) is 0 Å². The van der Waals surface area contributed by atoms with Gasteiger partial charge in [-0.1, -0.05) is 26.0 Å². The highest BCUT2D eigenvalue weighted by Crippen LogP contribution is 2.35. The summed E-state index contributed by atoms with van der Waals surface area (Å²) in [5, 5.41) is 0. The Labute approximate surface area is 132 Å². The largest absolute Gasteiger partial charge is 0.493 e. The van der Waals surface area contributed by atoms with Gasteiger partial charge >= 0.3 is 0 Å². The summed E-state index contributed by atoms with van der Waals surface area (Å²) in [6.45, 7) is 8.47. The molecule has 0 saturated carbocycles. The molecule has 4 heteroatoms.